The minimum absolute atomic E-state index is 0.113. The van der Waals surface area contributed by atoms with Crippen LogP contribution in [0.1, 0.15) is 24.1 Å². The molecule has 0 aromatic heterocycles. The highest BCUT2D eigenvalue weighted by atomic mass is 32.2. The molecule has 2 aromatic carbocycles. The molecule has 1 N–H and O–H groups in total. The van der Waals surface area contributed by atoms with Gasteiger partial charge in [0, 0.05) is 7.05 Å². The van der Waals surface area contributed by atoms with Crippen LogP contribution in [-0.2, 0) is 14.8 Å². The molecule has 0 radical (unpaired) electrons. The van der Waals surface area contributed by atoms with Gasteiger partial charge >= 0.3 is 0 Å². The number of carbonyl (C=O) groups is 1. The Kier molecular flexibility index (Phi) is 6.26. The van der Waals surface area contributed by atoms with E-state index in [1.807, 2.05) is 38.1 Å². The van der Waals surface area contributed by atoms with Crippen molar-refractivity contribution in [3.05, 3.63) is 59.7 Å². The molecular weight excluding hydrogens is 352 g/mol. The van der Waals surface area contributed by atoms with Crippen LogP contribution in [0, 0.1) is 6.92 Å². The Morgan fingerprint density at radius 2 is 1.77 bits per heavy atom. The van der Waals surface area contributed by atoms with E-state index >= 15 is 0 Å². The van der Waals surface area contributed by atoms with Crippen molar-refractivity contribution < 1.29 is 17.9 Å². The normalized spacial score (nSPS) is 12.3. The Morgan fingerprint density at radius 1 is 1.15 bits per heavy atom. The average molecular weight is 376 g/mol. The molecule has 7 heteroatoms. The average Bonchev–Trinajstić information content (AvgIpc) is 2.59. The molecule has 140 valence electrons. The van der Waals surface area contributed by atoms with Gasteiger partial charge in [-0.2, -0.15) is 0 Å². The smallest absolute Gasteiger partial charge is 0.258 e. The number of amides is 1. The van der Waals surface area contributed by atoms with Gasteiger partial charge in [0.05, 0.1) is 18.0 Å². The van der Waals surface area contributed by atoms with Crippen LogP contribution in [0.4, 0.5) is 5.69 Å². The fourth-order valence-electron chi connectivity index (χ4n) is 2.53. The second-order valence-electron chi connectivity index (χ2n) is 6.16. The zero-order valence-electron chi connectivity index (χ0n) is 15.4. The molecule has 1 amide bonds. The van der Waals surface area contributed by atoms with E-state index in [0.717, 1.165) is 17.4 Å². The number of ether oxygens (including phenoxy) is 1. The van der Waals surface area contributed by atoms with Crippen molar-refractivity contribution in [2.75, 3.05) is 24.2 Å². The predicted molar refractivity (Wildman–Crippen MR) is 103 cm³/mol. The van der Waals surface area contributed by atoms with Crippen molar-refractivity contribution in [2.24, 2.45) is 0 Å². The Bertz CT molecular complexity index is 863. The second kappa shape index (κ2) is 8.23. The summed E-state index contributed by atoms with van der Waals surface area (Å²) < 4.78 is 29.7. The van der Waals surface area contributed by atoms with E-state index in [2.05, 4.69) is 5.32 Å². The summed E-state index contributed by atoms with van der Waals surface area (Å²) in [5, 5.41) is 2.91. The lowest BCUT2D eigenvalue weighted by Gasteiger charge is -2.18. The maximum Gasteiger partial charge on any atom is 0.258 e. The van der Waals surface area contributed by atoms with E-state index < -0.39 is 10.0 Å². The van der Waals surface area contributed by atoms with E-state index in [-0.39, 0.29) is 18.6 Å². The summed E-state index contributed by atoms with van der Waals surface area (Å²) >= 11 is 0. The van der Waals surface area contributed by atoms with Crippen LogP contribution >= 0.6 is 0 Å². The van der Waals surface area contributed by atoms with Crippen LogP contribution < -0.4 is 14.4 Å². The Hall–Kier alpha value is -2.54. The minimum Gasteiger partial charge on any atom is -0.484 e. The first-order valence-electron chi connectivity index (χ1n) is 8.20. The maximum absolute atomic E-state index is 12.1. The molecule has 0 unspecified atom stereocenters. The van der Waals surface area contributed by atoms with Gasteiger partial charge in [0.2, 0.25) is 10.0 Å². The molecule has 0 saturated heterocycles. The third-order valence-electron chi connectivity index (χ3n) is 4.10. The Balaban J connectivity index is 1.90. The van der Waals surface area contributed by atoms with Gasteiger partial charge in [-0.3, -0.25) is 9.10 Å². The zero-order valence-corrected chi connectivity index (χ0v) is 16.2. The molecule has 0 aliphatic rings. The number of hydrogen-bond acceptors (Lipinski definition) is 4. The highest BCUT2D eigenvalue weighted by Crippen LogP contribution is 2.20. The standard InChI is InChI=1S/C19H24N2O4S/c1-14-7-5-6-8-18(14)15(2)20-19(22)13-25-17-11-9-16(10-12-17)21(3)26(4,23)24/h5-12,15H,13H2,1-4H3,(H,20,22)/t15-/m1/s1. The van der Waals surface area contributed by atoms with Crippen LogP contribution in [0.5, 0.6) is 5.75 Å². The largest absolute Gasteiger partial charge is 0.484 e. The highest BCUT2D eigenvalue weighted by molar-refractivity contribution is 7.92. The molecule has 2 aromatic rings. The summed E-state index contributed by atoms with van der Waals surface area (Å²) in [6.07, 6.45) is 1.14. The number of hydrogen-bond donors (Lipinski definition) is 1. The molecule has 0 saturated carbocycles. The lowest BCUT2D eigenvalue weighted by atomic mass is 10.0. The van der Waals surface area contributed by atoms with E-state index in [9.17, 15) is 13.2 Å². The molecular formula is C19H24N2O4S. The topological polar surface area (TPSA) is 75.7 Å². The molecule has 0 fully saturated rings. The Labute approximate surface area is 154 Å². The number of carbonyl (C=O) groups excluding carboxylic acids is 1. The lowest BCUT2D eigenvalue weighted by molar-refractivity contribution is -0.123. The first kappa shape index (κ1) is 19.8. The molecule has 1 atom stereocenters. The molecule has 2 rings (SSSR count). The van der Waals surface area contributed by atoms with Gasteiger partial charge in [0.15, 0.2) is 6.61 Å². The van der Waals surface area contributed by atoms with E-state index in [1.54, 1.807) is 24.3 Å². The highest BCUT2D eigenvalue weighted by Gasteiger charge is 2.13. The molecule has 0 heterocycles. The summed E-state index contributed by atoms with van der Waals surface area (Å²) in [4.78, 5) is 12.1. The van der Waals surface area contributed by atoms with Gasteiger partial charge in [0.25, 0.3) is 5.91 Å². The number of nitrogens with zero attached hydrogens (tertiary/aromatic N) is 1. The van der Waals surface area contributed by atoms with Crippen LogP contribution in [0.15, 0.2) is 48.5 Å². The molecule has 0 aliphatic carbocycles. The van der Waals surface area contributed by atoms with E-state index in [4.69, 9.17) is 4.74 Å². The Morgan fingerprint density at radius 3 is 2.35 bits per heavy atom. The quantitative estimate of drug-likeness (QED) is 0.806. The van der Waals surface area contributed by atoms with Crippen molar-refractivity contribution in [3.8, 4) is 5.75 Å². The van der Waals surface area contributed by atoms with Crippen molar-refractivity contribution >= 4 is 21.6 Å². The first-order valence-corrected chi connectivity index (χ1v) is 10.0. The minimum atomic E-state index is -3.31. The van der Waals surface area contributed by atoms with Gasteiger partial charge in [-0.05, 0) is 49.2 Å². The molecule has 0 aliphatic heterocycles. The third kappa shape index (κ3) is 5.23. The van der Waals surface area contributed by atoms with Crippen molar-refractivity contribution in [1.29, 1.82) is 0 Å². The second-order valence-corrected chi connectivity index (χ2v) is 8.17. The third-order valence-corrected chi connectivity index (χ3v) is 5.31. The first-order chi connectivity index (χ1) is 12.2. The van der Waals surface area contributed by atoms with Crippen LogP contribution in [0.25, 0.3) is 0 Å². The molecule has 0 spiro atoms. The summed E-state index contributed by atoms with van der Waals surface area (Å²) in [5.74, 6) is 0.271. The number of benzene rings is 2. The fourth-order valence-corrected chi connectivity index (χ4v) is 3.03. The van der Waals surface area contributed by atoms with Gasteiger partial charge in [-0.1, -0.05) is 24.3 Å². The van der Waals surface area contributed by atoms with Crippen LogP contribution in [0.3, 0.4) is 0 Å². The number of nitrogens with one attached hydrogen (secondary N) is 1. The van der Waals surface area contributed by atoms with E-state index in [1.165, 1.54) is 11.4 Å². The van der Waals surface area contributed by atoms with Crippen LogP contribution in [0.2, 0.25) is 0 Å². The SMILES string of the molecule is Cc1ccccc1[C@@H](C)NC(=O)COc1ccc(N(C)S(C)(=O)=O)cc1. The number of sulfonamides is 1. The zero-order chi connectivity index (χ0) is 19.3. The van der Waals surface area contributed by atoms with Gasteiger partial charge < -0.3 is 10.1 Å². The van der Waals surface area contributed by atoms with Crippen molar-refractivity contribution in [3.63, 3.8) is 0 Å². The number of aryl methyl sites for hydroxylation is 1. The van der Waals surface area contributed by atoms with E-state index in [0.29, 0.717) is 11.4 Å². The van der Waals surface area contributed by atoms with Gasteiger partial charge in [-0.15, -0.1) is 0 Å². The number of anilines is 1. The van der Waals surface area contributed by atoms with Crippen molar-refractivity contribution in [2.45, 2.75) is 19.9 Å². The molecule has 0 bridgehead atoms. The summed E-state index contributed by atoms with van der Waals surface area (Å²) in [6.45, 7) is 3.82. The van der Waals surface area contributed by atoms with Gasteiger partial charge in [0.1, 0.15) is 5.75 Å². The molecule has 6 nitrogen and oxygen atoms in total. The van der Waals surface area contributed by atoms with Gasteiger partial charge in [-0.25, -0.2) is 8.42 Å². The lowest BCUT2D eigenvalue weighted by Crippen LogP contribution is -2.31. The summed E-state index contributed by atoms with van der Waals surface area (Å²) in [5.41, 5.74) is 2.71. The molecule has 26 heavy (non-hydrogen) atoms. The monoisotopic (exact) mass is 376 g/mol. The fraction of sp³-hybridized carbons (Fsp3) is 0.316. The predicted octanol–water partition coefficient (Wildman–Crippen LogP) is 2.65. The van der Waals surface area contributed by atoms with Crippen molar-refractivity contribution in [1.82, 2.24) is 5.32 Å². The summed E-state index contributed by atoms with van der Waals surface area (Å²) in [6, 6.07) is 14.3. The number of rotatable bonds is 7. The van der Waals surface area contributed by atoms with Crippen LogP contribution in [-0.4, -0.2) is 34.2 Å². The maximum atomic E-state index is 12.1. The summed E-state index contributed by atoms with van der Waals surface area (Å²) in [7, 11) is -1.83.